The molecule has 2 rings (SSSR count). The van der Waals surface area contributed by atoms with Gasteiger partial charge in [0.1, 0.15) is 14.8 Å². The van der Waals surface area contributed by atoms with Crippen molar-refractivity contribution in [1.82, 2.24) is 4.90 Å². The molecule has 1 fully saturated rings. The lowest BCUT2D eigenvalue weighted by molar-refractivity contribution is 0.0833. The van der Waals surface area contributed by atoms with E-state index in [0.29, 0.717) is 10.9 Å². The van der Waals surface area contributed by atoms with Crippen molar-refractivity contribution >= 4 is 37.8 Å². The van der Waals surface area contributed by atoms with Gasteiger partial charge in [0.15, 0.2) is 9.84 Å². The fourth-order valence-electron chi connectivity index (χ4n) is 2.03. The first-order chi connectivity index (χ1) is 9.69. The smallest absolute Gasteiger partial charge is 0.265 e. The molecule has 8 heteroatoms. The van der Waals surface area contributed by atoms with Gasteiger partial charge in [-0.2, -0.15) is 0 Å². The van der Waals surface area contributed by atoms with Gasteiger partial charge in [0.2, 0.25) is 0 Å². The predicted octanol–water partition coefficient (Wildman–Crippen LogP) is 1.65. The summed E-state index contributed by atoms with van der Waals surface area (Å²) < 4.78 is 24.6. The molecule has 0 saturated heterocycles. The summed E-state index contributed by atoms with van der Waals surface area (Å²) in [7, 11) is -0.248. The van der Waals surface area contributed by atoms with Gasteiger partial charge in [-0.25, -0.2) is 8.42 Å². The zero-order valence-corrected chi connectivity index (χ0v) is 14.3. The van der Waals surface area contributed by atoms with Crippen LogP contribution in [-0.4, -0.2) is 45.1 Å². The van der Waals surface area contributed by atoms with Gasteiger partial charge < -0.3 is 16.0 Å². The Morgan fingerprint density at radius 3 is 2.48 bits per heavy atom. The van der Waals surface area contributed by atoms with Crippen LogP contribution in [0, 0.1) is 5.92 Å². The van der Waals surface area contributed by atoms with Gasteiger partial charge in [-0.3, -0.25) is 4.79 Å². The highest BCUT2D eigenvalue weighted by Gasteiger charge is 2.36. The number of nitrogens with two attached hydrogens (primary N) is 1. The van der Waals surface area contributed by atoms with E-state index in [1.54, 1.807) is 21.0 Å². The number of carbonyl (C=O) groups is 1. The first-order valence-corrected chi connectivity index (χ1v) is 9.29. The Balaban J connectivity index is 2.51. The molecule has 1 aromatic rings. The molecule has 1 aliphatic rings. The zero-order chi connectivity index (χ0) is 15.9. The SMILES string of the molecule is CCS(=O)(=O)c1c(NC2CC2C)sc(C(=O)N(C)C)c1N. The fraction of sp³-hybridized carbons (Fsp3) is 0.615. The zero-order valence-electron chi connectivity index (χ0n) is 12.6. The number of rotatable bonds is 5. The molecule has 3 N–H and O–H groups in total. The maximum atomic E-state index is 12.3. The number of nitrogen functional groups attached to an aromatic ring is 1. The summed E-state index contributed by atoms with van der Waals surface area (Å²) in [6, 6.07) is 0.260. The maximum Gasteiger partial charge on any atom is 0.265 e. The Morgan fingerprint density at radius 1 is 1.48 bits per heavy atom. The van der Waals surface area contributed by atoms with Gasteiger partial charge in [-0.1, -0.05) is 13.8 Å². The van der Waals surface area contributed by atoms with Crippen LogP contribution in [0.15, 0.2) is 4.90 Å². The highest BCUT2D eigenvalue weighted by Crippen LogP contribution is 2.43. The number of thiophene rings is 1. The van der Waals surface area contributed by atoms with E-state index in [1.807, 2.05) is 0 Å². The van der Waals surface area contributed by atoms with Crippen molar-refractivity contribution in [2.45, 2.75) is 31.2 Å². The van der Waals surface area contributed by atoms with Crippen molar-refractivity contribution in [2.24, 2.45) is 5.92 Å². The number of hydrogen-bond donors (Lipinski definition) is 2. The molecule has 0 radical (unpaired) electrons. The van der Waals surface area contributed by atoms with Gasteiger partial charge in [0.05, 0.1) is 11.4 Å². The van der Waals surface area contributed by atoms with Crippen molar-refractivity contribution < 1.29 is 13.2 Å². The third-order valence-corrected chi connectivity index (χ3v) is 6.68. The Bertz CT molecular complexity index is 664. The molecule has 1 amide bonds. The van der Waals surface area contributed by atoms with Crippen LogP contribution >= 0.6 is 11.3 Å². The Hall–Kier alpha value is -1.28. The minimum absolute atomic E-state index is 0.0432. The van der Waals surface area contributed by atoms with Crippen molar-refractivity contribution in [3.63, 3.8) is 0 Å². The van der Waals surface area contributed by atoms with E-state index < -0.39 is 9.84 Å². The van der Waals surface area contributed by atoms with E-state index in [1.165, 1.54) is 4.90 Å². The van der Waals surface area contributed by atoms with E-state index in [2.05, 4.69) is 12.2 Å². The Labute approximate surface area is 129 Å². The lowest BCUT2D eigenvalue weighted by Crippen LogP contribution is -2.21. The lowest BCUT2D eigenvalue weighted by atomic mass is 10.3. The van der Waals surface area contributed by atoms with Crippen LogP contribution in [0.3, 0.4) is 0 Å². The summed E-state index contributed by atoms with van der Waals surface area (Å²) in [5.74, 6) is 0.193. The first kappa shape index (κ1) is 16.1. The highest BCUT2D eigenvalue weighted by molar-refractivity contribution is 7.92. The number of sulfone groups is 1. The van der Waals surface area contributed by atoms with E-state index in [4.69, 9.17) is 5.73 Å². The number of anilines is 2. The molecule has 6 nitrogen and oxygen atoms in total. The molecular weight excluding hydrogens is 310 g/mol. The third-order valence-electron chi connectivity index (χ3n) is 3.62. The molecule has 1 aliphatic carbocycles. The monoisotopic (exact) mass is 331 g/mol. The minimum atomic E-state index is -3.48. The van der Waals surface area contributed by atoms with Gasteiger partial charge in [-0.05, 0) is 12.3 Å². The summed E-state index contributed by atoms with van der Waals surface area (Å²) in [4.78, 5) is 13.9. The van der Waals surface area contributed by atoms with Crippen LogP contribution in [0.4, 0.5) is 10.7 Å². The number of carbonyl (C=O) groups excluding carboxylic acids is 1. The highest BCUT2D eigenvalue weighted by atomic mass is 32.2. The average molecular weight is 331 g/mol. The van der Waals surface area contributed by atoms with Crippen molar-refractivity contribution in [2.75, 3.05) is 30.9 Å². The number of nitrogens with zero attached hydrogens (tertiary/aromatic N) is 1. The van der Waals surface area contributed by atoms with Gasteiger partial charge in [-0.15, -0.1) is 11.3 Å². The lowest BCUT2D eigenvalue weighted by Gasteiger charge is -2.09. The van der Waals surface area contributed by atoms with Crippen LogP contribution < -0.4 is 11.1 Å². The molecule has 0 bridgehead atoms. The second kappa shape index (κ2) is 5.49. The molecule has 2 unspecified atom stereocenters. The molecule has 2 atom stereocenters. The quantitative estimate of drug-likeness (QED) is 0.856. The third kappa shape index (κ3) is 3.01. The predicted molar refractivity (Wildman–Crippen MR) is 85.7 cm³/mol. The number of amides is 1. The molecule has 21 heavy (non-hydrogen) atoms. The van der Waals surface area contributed by atoms with Crippen LogP contribution in [-0.2, 0) is 9.84 Å². The molecular formula is C13H21N3O3S2. The topological polar surface area (TPSA) is 92.5 Å². The first-order valence-electron chi connectivity index (χ1n) is 6.82. The average Bonchev–Trinajstić information content (AvgIpc) is 2.98. The molecule has 1 heterocycles. The molecule has 118 valence electrons. The van der Waals surface area contributed by atoms with Crippen molar-refractivity contribution in [1.29, 1.82) is 0 Å². The van der Waals surface area contributed by atoms with Crippen molar-refractivity contribution in [3.8, 4) is 0 Å². The van der Waals surface area contributed by atoms with Crippen LogP contribution in [0.5, 0.6) is 0 Å². The van der Waals surface area contributed by atoms with Gasteiger partial charge in [0, 0.05) is 20.1 Å². The molecule has 0 aromatic carbocycles. The van der Waals surface area contributed by atoms with E-state index in [0.717, 1.165) is 17.8 Å². The van der Waals surface area contributed by atoms with Gasteiger partial charge in [0.25, 0.3) is 5.91 Å². The number of nitrogens with one attached hydrogen (secondary N) is 1. The molecule has 0 aliphatic heterocycles. The molecule has 1 aromatic heterocycles. The van der Waals surface area contributed by atoms with Crippen molar-refractivity contribution in [3.05, 3.63) is 4.88 Å². The second-order valence-corrected chi connectivity index (χ2v) is 8.81. The summed E-state index contributed by atoms with van der Waals surface area (Å²) in [5.41, 5.74) is 6.05. The normalized spacial score (nSPS) is 21.1. The summed E-state index contributed by atoms with van der Waals surface area (Å²) in [5, 5.41) is 3.71. The summed E-state index contributed by atoms with van der Waals surface area (Å²) >= 11 is 1.13. The summed E-state index contributed by atoms with van der Waals surface area (Å²) in [6.07, 6.45) is 1.00. The summed E-state index contributed by atoms with van der Waals surface area (Å²) in [6.45, 7) is 3.66. The largest absolute Gasteiger partial charge is 0.396 e. The fourth-order valence-corrected chi connectivity index (χ4v) is 4.77. The van der Waals surface area contributed by atoms with Gasteiger partial charge >= 0.3 is 0 Å². The molecule has 0 spiro atoms. The van der Waals surface area contributed by atoms with Crippen LogP contribution in [0.25, 0.3) is 0 Å². The Morgan fingerprint density at radius 2 is 2.05 bits per heavy atom. The minimum Gasteiger partial charge on any atom is -0.396 e. The Kier molecular flexibility index (Phi) is 4.21. The van der Waals surface area contributed by atoms with E-state index in [9.17, 15) is 13.2 Å². The number of hydrogen-bond acceptors (Lipinski definition) is 6. The molecule has 1 saturated carbocycles. The van der Waals surface area contributed by atoms with E-state index >= 15 is 0 Å². The maximum absolute atomic E-state index is 12.3. The van der Waals surface area contributed by atoms with Crippen LogP contribution in [0.1, 0.15) is 29.9 Å². The second-order valence-electron chi connectivity index (χ2n) is 5.57. The van der Waals surface area contributed by atoms with Crippen LogP contribution in [0.2, 0.25) is 0 Å². The van der Waals surface area contributed by atoms with E-state index in [-0.39, 0.29) is 33.2 Å². The standard InChI is InChI=1S/C13H21N3O3S2/c1-5-21(18,19)11-9(14)10(13(17)16(3)4)20-12(11)15-8-6-7(8)2/h7-8,15H,5-6,14H2,1-4H3.